The number of piperidine rings is 2. The number of carboxylic acids is 1. The Bertz CT molecular complexity index is 1470. The van der Waals surface area contributed by atoms with Crippen LogP contribution in [0, 0.1) is 0 Å². The van der Waals surface area contributed by atoms with E-state index in [1.807, 2.05) is 60.7 Å². The Balaban J connectivity index is 0.000000284. The van der Waals surface area contributed by atoms with Gasteiger partial charge in [0.2, 0.25) is 0 Å². The van der Waals surface area contributed by atoms with Gasteiger partial charge in [-0.15, -0.1) is 0 Å². The summed E-state index contributed by atoms with van der Waals surface area (Å²) in [6.45, 7) is 4.58. The van der Waals surface area contributed by atoms with Gasteiger partial charge in [-0.3, -0.25) is 19.3 Å². The summed E-state index contributed by atoms with van der Waals surface area (Å²) >= 11 is 0. The Morgan fingerprint density at radius 1 is 0.673 bits per heavy atom. The summed E-state index contributed by atoms with van der Waals surface area (Å²) < 4.78 is 82.1. The number of carbonyl (C=O) groups excluding carboxylic acids is 3. The lowest BCUT2D eigenvalue weighted by atomic mass is 9.98. The molecule has 2 saturated heterocycles. The molecule has 4 rings (SSSR count). The van der Waals surface area contributed by atoms with Gasteiger partial charge in [0.05, 0.1) is 13.2 Å². The molecule has 0 radical (unpaired) electrons. The SMILES string of the molecule is CC(C)(C)OC(=O)[C@@H]1CC[C@@H](NOCc2ccccc2)CN1C(=O)C(F)(F)F.O=C(O)[C@@H]1CC[C@@H](NOCc2ccccc2)CN1C(=O)C(F)(F)F. The Morgan fingerprint density at radius 3 is 1.42 bits per heavy atom. The molecule has 2 aliphatic heterocycles. The van der Waals surface area contributed by atoms with E-state index in [1.54, 1.807) is 20.8 Å². The Kier molecular flexibility index (Phi) is 15.0. The van der Waals surface area contributed by atoms with E-state index in [9.17, 15) is 45.5 Å². The highest BCUT2D eigenvalue weighted by atomic mass is 19.4. The number of hydrogen-bond donors (Lipinski definition) is 3. The van der Waals surface area contributed by atoms with Crippen molar-refractivity contribution in [3.05, 3.63) is 71.8 Å². The third-order valence-electron chi connectivity index (χ3n) is 7.80. The molecule has 288 valence electrons. The molecule has 0 spiro atoms. The molecular formula is C34H42F6N4O8. The zero-order valence-corrected chi connectivity index (χ0v) is 28.7. The highest BCUT2D eigenvalue weighted by molar-refractivity contribution is 5.88. The van der Waals surface area contributed by atoms with Crippen LogP contribution >= 0.6 is 0 Å². The number of hydroxylamine groups is 2. The second kappa shape index (κ2) is 18.5. The molecule has 0 aliphatic carbocycles. The van der Waals surface area contributed by atoms with Crippen molar-refractivity contribution in [2.45, 2.75) is 102 Å². The van der Waals surface area contributed by atoms with Crippen LogP contribution in [-0.2, 0) is 46.8 Å². The number of nitrogens with one attached hydrogen (secondary N) is 2. The molecule has 2 aromatic carbocycles. The maximum absolute atomic E-state index is 13.0. The van der Waals surface area contributed by atoms with Crippen LogP contribution in [0.4, 0.5) is 26.3 Å². The summed E-state index contributed by atoms with van der Waals surface area (Å²) in [5.74, 6) is -6.49. The monoisotopic (exact) mass is 748 g/mol. The molecule has 2 heterocycles. The largest absolute Gasteiger partial charge is 0.480 e. The number of alkyl halides is 6. The lowest BCUT2D eigenvalue weighted by molar-refractivity contribution is -0.195. The summed E-state index contributed by atoms with van der Waals surface area (Å²) in [7, 11) is 0. The minimum absolute atomic E-state index is 0.0447. The molecule has 52 heavy (non-hydrogen) atoms. The van der Waals surface area contributed by atoms with Crippen LogP contribution in [0.5, 0.6) is 0 Å². The van der Waals surface area contributed by atoms with Gasteiger partial charge in [0.25, 0.3) is 0 Å². The standard InChI is InChI=1S/C19H25F3N2O4.C15H17F3N2O4/c1-18(2,3)28-16(25)15-10-9-14(11-24(15)17(26)19(20,21)22)23-27-12-13-7-5-4-6-8-13;16-15(17,18)14(23)20-8-11(6-7-12(20)13(21)22)19-24-9-10-4-2-1-3-5-10/h4-8,14-15,23H,9-12H2,1-3H3;1-5,11-12,19H,6-9H2,(H,21,22)/t14-,15+;11-,12+/m11/s1. The van der Waals surface area contributed by atoms with Gasteiger partial charge in [-0.2, -0.15) is 37.3 Å². The van der Waals surface area contributed by atoms with Crippen molar-refractivity contribution in [2.75, 3.05) is 13.1 Å². The van der Waals surface area contributed by atoms with E-state index in [-0.39, 0.29) is 45.6 Å². The van der Waals surface area contributed by atoms with Crippen molar-refractivity contribution in [3.8, 4) is 0 Å². The zero-order chi connectivity index (χ0) is 38.7. The van der Waals surface area contributed by atoms with Crippen LogP contribution in [0.25, 0.3) is 0 Å². The van der Waals surface area contributed by atoms with Crippen LogP contribution in [0.1, 0.15) is 57.6 Å². The first-order valence-electron chi connectivity index (χ1n) is 16.3. The molecule has 0 bridgehead atoms. The van der Waals surface area contributed by atoms with Gasteiger partial charge < -0.3 is 19.6 Å². The molecule has 4 atom stereocenters. The molecule has 0 saturated carbocycles. The number of rotatable bonds is 10. The van der Waals surface area contributed by atoms with E-state index in [1.165, 1.54) is 0 Å². The van der Waals surface area contributed by atoms with Crippen LogP contribution in [0.2, 0.25) is 0 Å². The maximum Gasteiger partial charge on any atom is 0.471 e. The second-order valence-corrected chi connectivity index (χ2v) is 13.1. The Labute approximate surface area is 296 Å². The van der Waals surface area contributed by atoms with Crippen molar-refractivity contribution < 1.29 is 65.0 Å². The summed E-state index contributed by atoms with van der Waals surface area (Å²) in [5, 5.41) is 9.02. The molecule has 3 N–H and O–H groups in total. The van der Waals surface area contributed by atoms with E-state index < -0.39 is 65.9 Å². The average molecular weight is 749 g/mol. The smallest absolute Gasteiger partial charge is 0.471 e. The molecule has 2 amide bonds. The molecule has 18 heteroatoms. The number of ether oxygens (including phenoxy) is 1. The predicted octanol–water partition coefficient (Wildman–Crippen LogP) is 4.69. The predicted molar refractivity (Wildman–Crippen MR) is 171 cm³/mol. The normalized spacial score (nSPS) is 21.1. The first kappa shape index (κ1) is 42.2. The van der Waals surface area contributed by atoms with Crippen LogP contribution in [0.15, 0.2) is 60.7 Å². The van der Waals surface area contributed by atoms with Gasteiger partial charge >= 0.3 is 36.1 Å². The zero-order valence-electron chi connectivity index (χ0n) is 28.7. The number of halogens is 6. The molecule has 12 nitrogen and oxygen atoms in total. The fourth-order valence-corrected chi connectivity index (χ4v) is 5.41. The number of carbonyl (C=O) groups is 4. The number of nitrogens with zero attached hydrogens (tertiary/aromatic N) is 2. The van der Waals surface area contributed by atoms with Crippen molar-refractivity contribution in [2.24, 2.45) is 0 Å². The van der Waals surface area contributed by atoms with Gasteiger partial charge in [-0.25, -0.2) is 9.59 Å². The summed E-state index contributed by atoms with van der Waals surface area (Å²) in [6, 6.07) is 14.5. The number of carboxylic acid groups (broad SMARTS) is 1. The van der Waals surface area contributed by atoms with Crippen molar-refractivity contribution in [1.29, 1.82) is 0 Å². The van der Waals surface area contributed by atoms with Gasteiger partial charge in [0.1, 0.15) is 17.7 Å². The second-order valence-electron chi connectivity index (χ2n) is 13.1. The van der Waals surface area contributed by atoms with E-state index in [4.69, 9.17) is 19.5 Å². The van der Waals surface area contributed by atoms with E-state index in [0.717, 1.165) is 11.1 Å². The number of aliphatic carboxylic acids is 1. The minimum Gasteiger partial charge on any atom is -0.480 e. The van der Waals surface area contributed by atoms with Crippen molar-refractivity contribution in [3.63, 3.8) is 0 Å². The van der Waals surface area contributed by atoms with Crippen LogP contribution < -0.4 is 11.0 Å². The number of likely N-dealkylation sites (tertiary alicyclic amines) is 2. The molecule has 2 aliphatic rings. The van der Waals surface area contributed by atoms with Gasteiger partial charge in [0.15, 0.2) is 0 Å². The highest BCUT2D eigenvalue weighted by Crippen LogP contribution is 2.28. The number of hydrogen-bond acceptors (Lipinski definition) is 9. The highest BCUT2D eigenvalue weighted by Gasteiger charge is 2.50. The minimum atomic E-state index is -5.11. The quantitative estimate of drug-likeness (QED) is 0.178. The molecular weight excluding hydrogens is 706 g/mol. The summed E-state index contributed by atoms with van der Waals surface area (Å²) in [4.78, 5) is 58.2. The third-order valence-corrected chi connectivity index (χ3v) is 7.80. The van der Waals surface area contributed by atoms with E-state index >= 15 is 0 Å². The number of esters is 1. The van der Waals surface area contributed by atoms with E-state index in [2.05, 4.69) is 11.0 Å². The van der Waals surface area contributed by atoms with E-state index in [0.29, 0.717) is 16.2 Å². The van der Waals surface area contributed by atoms with Gasteiger partial charge in [0, 0.05) is 25.2 Å². The first-order valence-corrected chi connectivity index (χ1v) is 16.3. The van der Waals surface area contributed by atoms with Crippen molar-refractivity contribution >= 4 is 23.8 Å². The fourth-order valence-electron chi connectivity index (χ4n) is 5.41. The maximum atomic E-state index is 13.0. The van der Waals surface area contributed by atoms with Crippen LogP contribution in [0.3, 0.4) is 0 Å². The van der Waals surface area contributed by atoms with Crippen LogP contribution in [-0.4, -0.2) is 93.9 Å². The Hall–Kier alpha value is -4.26. The summed E-state index contributed by atoms with van der Waals surface area (Å²) in [5.41, 5.74) is 6.21. The number of benzene rings is 2. The molecule has 2 aromatic rings. The average Bonchev–Trinajstić information content (AvgIpc) is 3.07. The lowest BCUT2D eigenvalue weighted by Gasteiger charge is -2.39. The first-order chi connectivity index (χ1) is 24.3. The molecule has 0 unspecified atom stereocenters. The number of amides is 2. The van der Waals surface area contributed by atoms with Gasteiger partial charge in [-0.1, -0.05) is 60.7 Å². The lowest BCUT2D eigenvalue weighted by Crippen LogP contribution is -2.59. The topological polar surface area (TPSA) is 147 Å². The third kappa shape index (κ3) is 13.4. The molecule has 2 fully saturated rings. The van der Waals surface area contributed by atoms with Crippen molar-refractivity contribution in [1.82, 2.24) is 20.8 Å². The summed E-state index contributed by atoms with van der Waals surface area (Å²) in [6.07, 6.45) is -9.58. The Morgan fingerprint density at radius 2 is 1.06 bits per heavy atom. The van der Waals surface area contributed by atoms with Gasteiger partial charge in [-0.05, 0) is 57.6 Å². The molecule has 0 aromatic heterocycles. The fraction of sp³-hybridized carbons (Fsp3) is 0.529.